The van der Waals surface area contributed by atoms with E-state index in [1.165, 1.54) is 9.75 Å². The summed E-state index contributed by atoms with van der Waals surface area (Å²) in [6, 6.07) is 4.16. The topological polar surface area (TPSA) is 49.3 Å². The third-order valence-electron chi connectivity index (χ3n) is 2.64. The molecule has 4 nitrogen and oxygen atoms in total. The zero-order valence-corrected chi connectivity index (χ0v) is 17.4. The van der Waals surface area contributed by atoms with E-state index in [2.05, 4.69) is 55.6 Å². The van der Waals surface area contributed by atoms with Crippen molar-refractivity contribution in [1.29, 1.82) is 0 Å². The number of nitrogens with one attached hydrogen (secondary N) is 2. The van der Waals surface area contributed by atoms with E-state index in [1.807, 2.05) is 6.20 Å². The maximum absolute atomic E-state index is 4.38. The Balaban J connectivity index is 0.00000220. The molecular weight excluding hydrogens is 483 g/mol. The molecule has 0 saturated heterocycles. The van der Waals surface area contributed by atoms with Crippen molar-refractivity contribution in [2.45, 2.75) is 26.4 Å². The first-order valence-corrected chi connectivity index (χ1v) is 8.76. The lowest BCUT2D eigenvalue weighted by Gasteiger charge is -2.09. The lowest BCUT2D eigenvalue weighted by molar-refractivity contribution is 0.811. The van der Waals surface area contributed by atoms with Gasteiger partial charge in [0.1, 0.15) is 5.01 Å². The van der Waals surface area contributed by atoms with Crippen molar-refractivity contribution in [3.05, 3.63) is 36.9 Å². The van der Waals surface area contributed by atoms with Crippen LogP contribution in [0.1, 0.15) is 21.7 Å². The molecule has 0 bridgehead atoms. The van der Waals surface area contributed by atoms with Gasteiger partial charge in [0.05, 0.1) is 16.9 Å². The van der Waals surface area contributed by atoms with Crippen LogP contribution < -0.4 is 10.6 Å². The van der Waals surface area contributed by atoms with Gasteiger partial charge in [-0.05, 0) is 34.5 Å². The summed E-state index contributed by atoms with van der Waals surface area (Å²) in [7, 11) is 1.78. The van der Waals surface area contributed by atoms with E-state index in [4.69, 9.17) is 0 Å². The molecule has 2 heterocycles. The number of guanidine groups is 1. The largest absolute Gasteiger partial charge is 0.352 e. The van der Waals surface area contributed by atoms with Crippen LogP contribution in [0.2, 0.25) is 0 Å². The highest BCUT2D eigenvalue weighted by molar-refractivity contribution is 14.0. The molecule has 0 aliphatic heterocycles. The average molecular weight is 501 g/mol. The van der Waals surface area contributed by atoms with Crippen molar-refractivity contribution in [3.8, 4) is 0 Å². The van der Waals surface area contributed by atoms with Crippen LogP contribution in [0.5, 0.6) is 0 Å². The molecule has 0 aliphatic rings. The highest BCUT2D eigenvalue weighted by Gasteiger charge is 2.03. The highest BCUT2D eigenvalue weighted by atomic mass is 127. The zero-order chi connectivity index (χ0) is 14.4. The molecule has 0 atom stereocenters. The van der Waals surface area contributed by atoms with E-state index in [1.54, 1.807) is 29.7 Å². The van der Waals surface area contributed by atoms with Crippen LogP contribution in [0.3, 0.4) is 0 Å². The molecule has 8 heteroatoms. The van der Waals surface area contributed by atoms with Crippen LogP contribution in [0.4, 0.5) is 0 Å². The number of thiazole rings is 1. The lowest BCUT2D eigenvalue weighted by atomic mass is 10.4. The fraction of sp³-hybridized carbons (Fsp3) is 0.385. The lowest BCUT2D eigenvalue weighted by Crippen LogP contribution is -2.36. The van der Waals surface area contributed by atoms with Gasteiger partial charge >= 0.3 is 0 Å². The molecule has 0 amide bonds. The number of rotatable bonds is 5. The summed E-state index contributed by atoms with van der Waals surface area (Å²) < 4.78 is 1.15. The van der Waals surface area contributed by atoms with Gasteiger partial charge in [-0.3, -0.25) is 4.99 Å². The normalized spacial score (nSPS) is 11.1. The van der Waals surface area contributed by atoms with Crippen molar-refractivity contribution in [2.75, 3.05) is 7.05 Å². The van der Waals surface area contributed by atoms with Gasteiger partial charge in [-0.1, -0.05) is 6.92 Å². The Hall–Kier alpha value is -0.190. The molecule has 0 radical (unpaired) electrons. The maximum Gasteiger partial charge on any atom is 0.191 e. The molecule has 2 N–H and O–H groups in total. The summed E-state index contributed by atoms with van der Waals surface area (Å²) in [6.07, 6.45) is 2.99. The molecular formula is C13H18BrIN4S2. The predicted molar refractivity (Wildman–Crippen MR) is 106 cm³/mol. The summed E-state index contributed by atoms with van der Waals surface area (Å²) in [5.41, 5.74) is 0. The van der Waals surface area contributed by atoms with Gasteiger partial charge < -0.3 is 10.6 Å². The quantitative estimate of drug-likeness (QED) is 0.370. The third kappa shape index (κ3) is 6.21. The van der Waals surface area contributed by atoms with E-state index in [0.717, 1.165) is 27.7 Å². The number of halogens is 2. The number of hydrogen-bond acceptors (Lipinski definition) is 4. The predicted octanol–water partition coefficient (Wildman–Crippen LogP) is 4.01. The first-order chi connectivity index (χ1) is 9.71. The molecule has 2 aromatic rings. The molecule has 0 saturated carbocycles. The number of nitrogens with zero attached hydrogens (tertiary/aromatic N) is 2. The van der Waals surface area contributed by atoms with Crippen LogP contribution >= 0.6 is 62.6 Å². The summed E-state index contributed by atoms with van der Waals surface area (Å²) in [5, 5.41) is 7.66. The fourth-order valence-electron chi connectivity index (χ4n) is 1.59. The molecule has 0 fully saturated rings. The van der Waals surface area contributed by atoms with Crippen molar-refractivity contribution < 1.29 is 0 Å². The Kier molecular flexibility index (Phi) is 8.76. The summed E-state index contributed by atoms with van der Waals surface area (Å²) in [6.45, 7) is 3.62. The second kappa shape index (κ2) is 9.75. The SMILES string of the molecule is CCc1cnc(CNC(=NC)NCc2ccc(Br)s2)s1.I. The third-order valence-corrected chi connectivity index (χ3v) is 5.40. The van der Waals surface area contributed by atoms with Gasteiger partial charge in [-0.15, -0.1) is 46.7 Å². The van der Waals surface area contributed by atoms with Crippen molar-refractivity contribution >= 4 is 68.5 Å². The molecule has 0 spiro atoms. The molecule has 2 aromatic heterocycles. The molecule has 2 rings (SSSR count). The molecule has 116 valence electrons. The van der Waals surface area contributed by atoms with Crippen LogP contribution in [0.15, 0.2) is 27.1 Å². The zero-order valence-electron chi connectivity index (χ0n) is 11.9. The number of aryl methyl sites for hydroxylation is 1. The van der Waals surface area contributed by atoms with Crippen molar-refractivity contribution in [2.24, 2.45) is 4.99 Å². The van der Waals surface area contributed by atoms with E-state index >= 15 is 0 Å². The van der Waals surface area contributed by atoms with Crippen LogP contribution in [0.25, 0.3) is 0 Å². The van der Waals surface area contributed by atoms with Gasteiger partial charge in [0.25, 0.3) is 0 Å². The van der Waals surface area contributed by atoms with Crippen molar-refractivity contribution in [1.82, 2.24) is 15.6 Å². The average Bonchev–Trinajstić information content (AvgIpc) is 3.08. The van der Waals surface area contributed by atoms with Gasteiger partial charge in [-0.2, -0.15) is 0 Å². The Labute approximate surface area is 158 Å². The monoisotopic (exact) mass is 500 g/mol. The van der Waals surface area contributed by atoms with E-state index in [9.17, 15) is 0 Å². The molecule has 0 aliphatic carbocycles. The van der Waals surface area contributed by atoms with Crippen LogP contribution in [0, 0.1) is 0 Å². The Morgan fingerprint density at radius 1 is 1.24 bits per heavy atom. The number of aromatic nitrogens is 1. The number of hydrogen-bond donors (Lipinski definition) is 2. The standard InChI is InChI=1S/C13H17BrN4S2.HI/c1-3-9-6-16-12(20-9)8-18-13(15-2)17-7-10-4-5-11(14)19-10;/h4-6H,3,7-8H2,1-2H3,(H2,15,17,18);1H. The number of aliphatic imine (C=N–C) groups is 1. The minimum Gasteiger partial charge on any atom is -0.352 e. The van der Waals surface area contributed by atoms with Gasteiger partial charge in [0.15, 0.2) is 5.96 Å². The second-order valence-electron chi connectivity index (χ2n) is 4.06. The summed E-state index contributed by atoms with van der Waals surface area (Å²) in [4.78, 5) is 11.2. The number of thiophene rings is 1. The van der Waals surface area contributed by atoms with Crippen LogP contribution in [-0.2, 0) is 19.5 Å². The molecule has 0 unspecified atom stereocenters. The maximum atomic E-state index is 4.38. The Morgan fingerprint density at radius 2 is 2.00 bits per heavy atom. The van der Waals surface area contributed by atoms with E-state index in [0.29, 0.717) is 6.54 Å². The minimum atomic E-state index is 0. The molecule has 0 aromatic carbocycles. The second-order valence-corrected chi connectivity index (χ2v) is 7.81. The van der Waals surface area contributed by atoms with Crippen molar-refractivity contribution in [3.63, 3.8) is 0 Å². The summed E-state index contributed by atoms with van der Waals surface area (Å²) >= 11 is 6.93. The fourth-order valence-corrected chi connectivity index (χ4v) is 3.82. The van der Waals surface area contributed by atoms with Gasteiger partial charge in [0.2, 0.25) is 0 Å². The highest BCUT2D eigenvalue weighted by Crippen LogP contribution is 2.21. The van der Waals surface area contributed by atoms with E-state index < -0.39 is 0 Å². The summed E-state index contributed by atoms with van der Waals surface area (Å²) in [5.74, 6) is 0.794. The van der Waals surface area contributed by atoms with E-state index in [-0.39, 0.29) is 24.0 Å². The molecule has 21 heavy (non-hydrogen) atoms. The first-order valence-electron chi connectivity index (χ1n) is 6.33. The minimum absolute atomic E-state index is 0. The smallest absolute Gasteiger partial charge is 0.191 e. The van der Waals surface area contributed by atoms with Gasteiger partial charge in [-0.25, -0.2) is 4.98 Å². The van der Waals surface area contributed by atoms with Gasteiger partial charge in [0, 0.05) is 23.0 Å². The van der Waals surface area contributed by atoms with Crippen LogP contribution in [-0.4, -0.2) is 18.0 Å². The first kappa shape index (κ1) is 18.9. The Bertz CT molecular complexity index is 582. The Morgan fingerprint density at radius 3 is 2.57 bits per heavy atom.